The summed E-state index contributed by atoms with van der Waals surface area (Å²) in [7, 11) is 0. The number of para-hydroxylation sites is 1. The molecule has 0 radical (unpaired) electrons. The van der Waals surface area contributed by atoms with Crippen molar-refractivity contribution in [2.45, 2.75) is 32.3 Å². The van der Waals surface area contributed by atoms with Gasteiger partial charge in [0.05, 0.1) is 34.3 Å². The lowest BCUT2D eigenvalue weighted by Crippen LogP contribution is -2.27. The summed E-state index contributed by atoms with van der Waals surface area (Å²) < 4.78 is 7.25. The zero-order valence-corrected chi connectivity index (χ0v) is 13.8. The zero-order valence-electron chi connectivity index (χ0n) is 13.1. The van der Waals surface area contributed by atoms with Crippen LogP contribution in [-0.4, -0.2) is 34.9 Å². The topological polar surface area (TPSA) is 56.1 Å². The Kier molecular flexibility index (Phi) is 4.98. The van der Waals surface area contributed by atoms with Gasteiger partial charge < -0.3 is 10.1 Å². The fraction of sp³-hybridized carbons (Fsp3) is 0.412. The van der Waals surface area contributed by atoms with E-state index in [1.165, 1.54) is 0 Å². The lowest BCUT2D eigenvalue weighted by atomic mass is 10.2. The quantitative estimate of drug-likeness (QED) is 0.914. The molecule has 2 heterocycles. The highest BCUT2D eigenvalue weighted by molar-refractivity contribution is 6.32. The van der Waals surface area contributed by atoms with Crippen molar-refractivity contribution in [3.05, 3.63) is 46.7 Å². The Morgan fingerprint density at radius 1 is 1.48 bits per heavy atom. The number of nitrogens with zero attached hydrogens (tertiary/aromatic N) is 2. The van der Waals surface area contributed by atoms with E-state index < -0.39 is 0 Å². The fourth-order valence-corrected chi connectivity index (χ4v) is 3.03. The number of halogens is 1. The summed E-state index contributed by atoms with van der Waals surface area (Å²) in [5.41, 5.74) is 2.11. The van der Waals surface area contributed by atoms with E-state index in [-0.39, 0.29) is 12.0 Å². The number of benzene rings is 1. The summed E-state index contributed by atoms with van der Waals surface area (Å²) in [6.07, 6.45) is 4.91. The van der Waals surface area contributed by atoms with Crippen molar-refractivity contribution in [3.63, 3.8) is 0 Å². The van der Waals surface area contributed by atoms with Crippen molar-refractivity contribution >= 4 is 17.5 Å². The number of ether oxygens (including phenoxy) is 1. The van der Waals surface area contributed by atoms with Gasteiger partial charge in [0.1, 0.15) is 0 Å². The highest BCUT2D eigenvalue weighted by atomic mass is 35.5. The molecule has 0 spiro atoms. The maximum atomic E-state index is 12.3. The normalized spacial score (nSPS) is 17.4. The van der Waals surface area contributed by atoms with Crippen LogP contribution in [-0.2, 0) is 4.74 Å². The molecule has 0 aliphatic carbocycles. The molecule has 1 atom stereocenters. The standard InChI is InChI=1S/C17H20ClN3O2/c1-12-14(17(22)19-9-8-13-5-4-10-23-13)11-20-21(12)16-7-3-2-6-15(16)18/h2-3,6-7,11,13H,4-5,8-10H2,1H3,(H,19,22)/t13-/m0/s1. The van der Waals surface area contributed by atoms with Crippen LogP contribution in [0.25, 0.3) is 5.69 Å². The molecule has 1 N–H and O–H groups in total. The molecule has 5 nitrogen and oxygen atoms in total. The Bertz CT molecular complexity index is 693. The van der Waals surface area contributed by atoms with E-state index in [0.29, 0.717) is 17.1 Å². The molecule has 0 saturated carbocycles. The number of carbonyl (C=O) groups is 1. The Labute approximate surface area is 140 Å². The molecule has 0 unspecified atom stereocenters. The average Bonchev–Trinajstić information content (AvgIpc) is 3.18. The van der Waals surface area contributed by atoms with Crippen LogP contribution in [0.3, 0.4) is 0 Å². The predicted octanol–water partition coefficient (Wildman–Crippen LogP) is 3.13. The van der Waals surface area contributed by atoms with Crippen molar-refractivity contribution in [2.24, 2.45) is 0 Å². The second-order valence-corrected chi connectivity index (χ2v) is 6.09. The molecular formula is C17H20ClN3O2. The third kappa shape index (κ3) is 3.57. The van der Waals surface area contributed by atoms with Gasteiger partial charge in [-0.25, -0.2) is 4.68 Å². The molecule has 6 heteroatoms. The molecule has 1 aromatic heterocycles. The average molecular weight is 334 g/mol. The summed E-state index contributed by atoms with van der Waals surface area (Å²) in [5, 5.41) is 7.84. The minimum atomic E-state index is -0.112. The van der Waals surface area contributed by atoms with E-state index in [1.54, 1.807) is 16.9 Å². The van der Waals surface area contributed by atoms with Gasteiger partial charge in [0.2, 0.25) is 0 Å². The summed E-state index contributed by atoms with van der Waals surface area (Å²) in [6, 6.07) is 7.44. The van der Waals surface area contributed by atoms with Gasteiger partial charge in [-0.15, -0.1) is 0 Å². The number of hydrogen-bond acceptors (Lipinski definition) is 3. The van der Waals surface area contributed by atoms with Crippen LogP contribution in [0.2, 0.25) is 5.02 Å². The summed E-state index contributed by atoms with van der Waals surface area (Å²) in [4.78, 5) is 12.3. The van der Waals surface area contributed by atoms with Crippen LogP contribution < -0.4 is 5.32 Å². The van der Waals surface area contributed by atoms with Crippen LogP contribution in [0.15, 0.2) is 30.5 Å². The van der Waals surface area contributed by atoms with Crippen molar-refractivity contribution in [3.8, 4) is 5.69 Å². The van der Waals surface area contributed by atoms with Gasteiger partial charge in [-0.05, 0) is 38.3 Å². The summed E-state index contributed by atoms with van der Waals surface area (Å²) >= 11 is 6.20. The van der Waals surface area contributed by atoms with Crippen LogP contribution in [0.4, 0.5) is 0 Å². The molecular weight excluding hydrogens is 314 g/mol. The summed E-state index contributed by atoms with van der Waals surface area (Å²) in [6.45, 7) is 3.31. The molecule has 1 amide bonds. The van der Waals surface area contributed by atoms with Gasteiger partial charge in [0.25, 0.3) is 5.91 Å². The minimum Gasteiger partial charge on any atom is -0.378 e. The van der Waals surface area contributed by atoms with Crippen LogP contribution in [0.5, 0.6) is 0 Å². The largest absolute Gasteiger partial charge is 0.378 e. The van der Waals surface area contributed by atoms with E-state index in [9.17, 15) is 4.79 Å². The number of carbonyl (C=O) groups excluding carboxylic acids is 1. The highest BCUT2D eigenvalue weighted by Gasteiger charge is 2.18. The van der Waals surface area contributed by atoms with Crippen LogP contribution >= 0.6 is 11.6 Å². The number of hydrogen-bond donors (Lipinski definition) is 1. The zero-order chi connectivity index (χ0) is 16.2. The van der Waals surface area contributed by atoms with Gasteiger partial charge >= 0.3 is 0 Å². The lowest BCUT2D eigenvalue weighted by Gasteiger charge is -2.10. The third-order valence-electron chi connectivity index (χ3n) is 4.11. The first kappa shape index (κ1) is 16.0. The molecule has 1 aromatic carbocycles. The van der Waals surface area contributed by atoms with Gasteiger partial charge in [-0.1, -0.05) is 23.7 Å². The number of rotatable bonds is 5. The molecule has 0 bridgehead atoms. The SMILES string of the molecule is Cc1c(C(=O)NCC[C@@H]2CCCO2)cnn1-c1ccccc1Cl. The number of amides is 1. The Morgan fingerprint density at radius 3 is 3.04 bits per heavy atom. The van der Waals surface area contributed by atoms with Crippen molar-refractivity contribution in [2.75, 3.05) is 13.2 Å². The van der Waals surface area contributed by atoms with E-state index in [4.69, 9.17) is 16.3 Å². The molecule has 1 aliphatic heterocycles. The maximum absolute atomic E-state index is 12.3. The van der Waals surface area contributed by atoms with Gasteiger partial charge in [-0.2, -0.15) is 5.10 Å². The van der Waals surface area contributed by atoms with Gasteiger partial charge in [-0.3, -0.25) is 4.79 Å². The first-order valence-electron chi connectivity index (χ1n) is 7.86. The molecule has 1 fully saturated rings. The molecule has 122 valence electrons. The Balaban J connectivity index is 1.66. The molecule has 1 aliphatic rings. The van der Waals surface area contributed by atoms with E-state index in [2.05, 4.69) is 10.4 Å². The first-order chi connectivity index (χ1) is 11.2. The van der Waals surface area contributed by atoms with E-state index in [0.717, 1.165) is 37.3 Å². The Morgan fingerprint density at radius 2 is 2.30 bits per heavy atom. The van der Waals surface area contributed by atoms with Gasteiger partial charge in [0, 0.05) is 13.2 Å². The third-order valence-corrected chi connectivity index (χ3v) is 4.43. The molecule has 23 heavy (non-hydrogen) atoms. The number of aromatic nitrogens is 2. The van der Waals surface area contributed by atoms with E-state index in [1.807, 2.05) is 25.1 Å². The van der Waals surface area contributed by atoms with Crippen LogP contribution in [0.1, 0.15) is 35.3 Å². The monoisotopic (exact) mass is 333 g/mol. The van der Waals surface area contributed by atoms with Crippen LogP contribution in [0, 0.1) is 6.92 Å². The second kappa shape index (κ2) is 7.15. The minimum absolute atomic E-state index is 0.112. The lowest BCUT2D eigenvalue weighted by molar-refractivity contribution is 0.0906. The first-order valence-corrected chi connectivity index (χ1v) is 8.24. The smallest absolute Gasteiger partial charge is 0.254 e. The molecule has 2 aromatic rings. The Hall–Kier alpha value is -1.85. The fourth-order valence-electron chi connectivity index (χ4n) is 2.81. The second-order valence-electron chi connectivity index (χ2n) is 5.69. The molecule has 1 saturated heterocycles. The van der Waals surface area contributed by atoms with Gasteiger partial charge in [0.15, 0.2) is 0 Å². The summed E-state index contributed by atoms with van der Waals surface area (Å²) in [5.74, 6) is -0.112. The number of nitrogens with one attached hydrogen (secondary N) is 1. The van der Waals surface area contributed by atoms with E-state index >= 15 is 0 Å². The van der Waals surface area contributed by atoms with Crippen molar-refractivity contribution in [1.29, 1.82) is 0 Å². The maximum Gasteiger partial charge on any atom is 0.254 e. The highest BCUT2D eigenvalue weighted by Crippen LogP contribution is 2.22. The van der Waals surface area contributed by atoms with Crippen molar-refractivity contribution < 1.29 is 9.53 Å². The molecule has 3 rings (SSSR count). The van der Waals surface area contributed by atoms with Crippen molar-refractivity contribution in [1.82, 2.24) is 15.1 Å². The predicted molar refractivity (Wildman–Crippen MR) is 89.2 cm³/mol.